The second-order valence-electron chi connectivity index (χ2n) is 4.89. The molecule has 0 spiro atoms. The number of nitrogens with zero attached hydrogens (tertiary/aromatic N) is 1. The van der Waals surface area contributed by atoms with E-state index in [1.54, 1.807) is 55.5 Å². The first kappa shape index (κ1) is 13.6. The molecule has 0 atom stereocenters. The van der Waals surface area contributed by atoms with E-state index in [2.05, 4.69) is 4.98 Å². The molecule has 0 saturated carbocycles. The molecule has 0 bridgehead atoms. The van der Waals surface area contributed by atoms with Gasteiger partial charge in [0.25, 0.3) is 0 Å². The molecule has 0 fully saturated rings. The smallest absolute Gasteiger partial charge is 0.247 e. The second kappa shape index (κ2) is 4.88. The average molecular weight is 287 g/mol. The summed E-state index contributed by atoms with van der Waals surface area (Å²) in [5.41, 5.74) is 1.12. The summed E-state index contributed by atoms with van der Waals surface area (Å²) in [6.07, 6.45) is -4.44. The highest BCUT2D eigenvalue weighted by atomic mass is 19.4. The summed E-state index contributed by atoms with van der Waals surface area (Å²) >= 11 is 0. The van der Waals surface area contributed by atoms with Gasteiger partial charge >= 0.3 is 6.18 Å². The number of halogens is 3. The third-order valence-electron chi connectivity index (χ3n) is 3.43. The molecule has 1 nitrogen and oxygen atoms in total. The first-order chi connectivity index (χ1) is 9.97. The van der Waals surface area contributed by atoms with Gasteiger partial charge in [0.15, 0.2) is 0 Å². The van der Waals surface area contributed by atoms with Crippen molar-refractivity contribution in [3.05, 3.63) is 65.7 Å². The quantitative estimate of drug-likeness (QED) is 0.597. The van der Waals surface area contributed by atoms with Crippen molar-refractivity contribution in [3.8, 4) is 11.3 Å². The summed E-state index contributed by atoms with van der Waals surface area (Å²) in [6, 6.07) is 15.0. The van der Waals surface area contributed by atoms with Crippen molar-refractivity contribution in [1.82, 2.24) is 4.98 Å². The van der Waals surface area contributed by atoms with E-state index >= 15 is 0 Å². The minimum atomic E-state index is -4.44. The molecule has 1 heterocycles. The Morgan fingerprint density at radius 3 is 2.29 bits per heavy atom. The van der Waals surface area contributed by atoms with Gasteiger partial charge < -0.3 is 0 Å². The van der Waals surface area contributed by atoms with Gasteiger partial charge in [0.1, 0.15) is 0 Å². The third-order valence-corrected chi connectivity index (χ3v) is 3.43. The molecular formula is C17H12F3N. The number of para-hydroxylation sites is 1. The summed E-state index contributed by atoms with van der Waals surface area (Å²) in [6.45, 7) is 1.78. The molecule has 0 amide bonds. The van der Waals surface area contributed by atoms with Gasteiger partial charge in [-0.3, -0.25) is 0 Å². The molecular weight excluding hydrogens is 275 g/mol. The van der Waals surface area contributed by atoms with E-state index in [1.165, 1.54) is 6.07 Å². The minimum Gasteiger partial charge on any atom is -0.247 e. The van der Waals surface area contributed by atoms with Crippen molar-refractivity contribution in [2.45, 2.75) is 13.1 Å². The molecule has 0 aliphatic carbocycles. The second-order valence-corrected chi connectivity index (χ2v) is 4.89. The van der Waals surface area contributed by atoms with Crippen molar-refractivity contribution >= 4 is 10.9 Å². The average Bonchev–Trinajstić information content (AvgIpc) is 2.45. The van der Waals surface area contributed by atoms with Crippen LogP contribution in [0, 0.1) is 6.92 Å². The molecule has 0 saturated heterocycles. The predicted octanol–water partition coefficient (Wildman–Crippen LogP) is 5.23. The highest BCUT2D eigenvalue weighted by Crippen LogP contribution is 2.38. The molecule has 3 rings (SSSR count). The predicted molar refractivity (Wildman–Crippen MR) is 76.9 cm³/mol. The van der Waals surface area contributed by atoms with E-state index in [-0.39, 0.29) is 5.69 Å². The van der Waals surface area contributed by atoms with Gasteiger partial charge in [0.05, 0.1) is 16.8 Å². The van der Waals surface area contributed by atoms with Gasteiger partial charge in [-0.15, -0.1) is 0 Å². The maximum atomic E-state index is 13.4. The van der Waals surface area contributed by atoms with Crippen LogP contribution < -0.4 is 0 Å². The molecule has 4 heteroatoms. The molecule has 3 aromatic rings. The number of fused-ring (bicyclic) bond motifs is 1. The standard InChI is InChI=1S/C17H12F3N/c1-11-6-2-4-8-13(11)16-14(17(18,19)20)10-12-7-3-5-9-15(12)21-16/h2-10H,1H3. The molecule has 0 aliphatic rings. The van der Waals surface area contributed by atoms with Crippen LogP contribution in [0.4, 0.5) is 13.2 Å². The molecule has 1 aromatic heterocycles. The highest BCUT2D eigenvalue weighted by Gasteiger charge is 2.35. The zero-order chi connectivity index (χ0) is 15.0. The van der Waals surface area contributed by atoms with E-state index < -0.39 is 11.7 Å². The number of hydrogen-bond donors (Lipinski definition) is 0. The van der Waals surface area contributed by atoms with E-state index in [9.17, 15) is 13.2 Å². The van der Waals surface area contributed by atoms with Crippen LogP contribution in [0.1, 0.15) is 11.1 Å². The zero-order valence-corrected chi connectivity index (χ0v) is 11.3. The van der Waals surface area contributed by atoms with Crippen LogP contribution in [0.3, 0.4) is 0 Å². The van der Waals surface area contributed by atoms with Crippen LogP contribution >= 0.6 is 0 Å². The Kier molecular flexibility index (Phi) is 3.16. The Balaban J connectivity index is 2.37. The van der Waals surface area contributed by atoms with Crippen molar-refractivity contribution in [1.29, 1.82) is 0 Å². The Bertz CT molecular complexity index is 806. The van der Waals surface area contributed by atoms with E-state index in [1.807, 2.05) is 0 Å². The van der Waals surface area contributed by atoms with Gasteiger partial charge in [-0.05, 0) is 24.6 Å². The van der Waals surface area contributed by atoms with Crippen molar-refractivity contribution in [2.24, 2.45) is 0 Å². The van der Waals surface area contributed by atoms with Gasteiger partial charge in [-0.2, -0.15) is 13.2 Å². The van der Waals surface area contributed by atoms with Crippen molar-refractivity contribution in [2.75, 3.05) is 0 Å². The van der Waals surface area contributed by atoms with Crippen LogP contribution in [-0.4, -0.2) is 4.98 Å². The van der Waals surface area contributed by atoms with Crippen LogP contribution in [0.2, 0.25) is 0 Å². The largest absolute Gasteiger partial charge is 0.418 e. The SMILES string of the molecule is Cc1ccccc1-c1nc2ccccc2cc1C(F)(F)F. The van der Waals surface area contributed by atoms with Crippen molar-refractivity contribution < 1.29 is 13.2 Å². The third kappa shape index (κ3) is 2.49. The molecule has 0 N–H and O–H groups in total. The van der Waals surface area contributed by atoms with E-state index in [4.69, 9.17) is 0 Å². The topological polar surface area (TPSA) is 12.9 Å². The molecule has 0 aliphatic heterocycles. The summed E-state index contributed by atoms with van der Waals surface area (Å²) < 4.78 is 40.1. The van der Waals surface area contributed by atoms with E-state index in [0.717, 1.165) is 5.56 Å². The van der Waals surface area contributed by atoms with E-state index in [0.29, 0.717) is 16.5 Å². The number of alkyl halides is 3. The molecule has 2 aromatic carbocycles. The monoisotopic (exact) mass is 287 g/mol. The Hall–Kier alpha value is -2.36. The van der Waals surface area contributed by atoms with Gasteiger partial charge in [-0.1, -0.05) is 42.5 Å². The lowest BCUT2D eigenvalue weighted by Crippen LogP contribution is -2.09. The minimum absolute atomic E-state index is 0.0145. The van der Waals surface area contributed by atoms with Gasteiger partial charge in [0, 0.05) is 10.9 Å². The molecule has 21 heavy (non-hydrogen) atoms. The van der Waals surface area contributed by atoms with Crippen LogP contribution in [0.25, 0.3) is 22.2 Å². The maximum Gasteiger partial charge on any atom is 0.418 e. The molecule has 106 valence electrons. The van der Waals surface area contributed by atoms with Crippen LogP contribution in [0.5, 0.6) is 0 Å². The number of rotatable bonds is 1. The lowest BCUT2D eigenvalue weighted by atomic mass is 9.99. The summed E-state index contributed by atoms with van der Waals surface area (Å²) in [7, 11) is 0. The van der Waals surface area contributed by atoms with Gasteiger partial charge in [-0.25, -0.2) is 4.98 Å². The Morgan fingerprint density at radius 2 is 1.57 bits per heavy atom. The fourth-order valence-electron chi connectivity index (χ4n) is 2.38. The number of aryl methyl sites for hydroxylation is 1. The lowest BCUT2D eigenvalue weighted by molar-refractivity contribution is -0.137. The normalized spacial score (nSPS) is 11.8. The summed E-state index contributed by atoms with van der Waals surface area (Å²) in [5, 5.41) is 0.488. The van der Waals surface area contributed by atoms with Crippen LogP contribution in [0.15, 0.2) is 54.6 Å². The number of hydrogen-bond acceptors (Lipinski definition) is 1. The zero-order valence-electron chi connectivity index (χ0n) is 11.3. The Morgan fingerprint density at radius 1 is 0.905 bits per heavy atom. The summed E-state index contributed by atoms with van der Waals surface area (Å²) in [4.78, 5) is 4.25. The molecule has 0 unspecified atom stereocenters. The Labute approximate surface area is 120 Å². The van der Waals surface area contributed by atoms with Gasteiger partial charge in [0.2, 0.25) is 0 Å². The fourth-order valence-corrected chi connectivity index (χ4v) is 2.38. The first-order valence-electron chi connectivity index (χ1n) is 6.50. The maximum absolute atomic E-state index is 13.4. The fraction of sp³-hybridized carbons (Fsp3) is 0.118. The number of pyridine rings is 1. The number of aromatic nitrogens is 1. The highest BCUT2D eigenvalue weighted by molar-refractivity contribution is 5.84. The summed E-state index contributed by atoms with van der Waals surface area (Å²) in [5.74, 6) is 0. The van der Waals surface area contributed by atoms with Crippen LogP contribution in [-0.2, 0) is 6.18 Å². The first-order valence-corrected chi connectivity index (χ1v) is 6.50. The number of benzene rings is 2. The van der Waals surface area contributed by atoms with Crippen molar-refractivity contribution in [3.63, 3.8) is 0 Å². The molecule has 0 radical (unpaired) electrons. The lowest BCUT2D eigenvalue weighted by Gasteiger charge is -2.15.